The van der Waals surface area contributed by atoms with E-state index < -0.39 is 0 Å². The third-order valence-electron chi connectivity index (χ3n) is 4.54. The van der Waals surface area contributed by atoms with Crippen LogP contribution in [0.3, 0.4) is 0 Å². The molecule has 148 valence electrons. The zero-order chi connectivity index (χ0) is 20.4. The van der Waals surface area contributed by atoms with E-state index in [2.05, 4.69) is 18.2 Å². The monoisotopic (exact) mass is 424 g/mol. The van der Waals surface area contributed by atoms with Crippen molar-refractivity contribution in [2.75, 3.05) is 19.1 Å². The Bertz CT molecular complexity index is 1110. The van der Waals surface area contributed by atoms with E-state index in [1.54, 1.807) is 30.5 Å². The van der Waals surface area contributed by atoms with Crippen LogP contribution in [0.1, 0.15) is 5.56 Å². The molecule has 0 spiro atoms. The van der Waals surface area contributed by atoms with Crippen molar-refractivity contribution in [3.63, 3.8) is 0 Å². The number of ether oxygens (including phenoxy) is 2. The maximum Gasteiger partial charge on any atom is 0.195 e. The van der Waals surface area contributed by atoms with Crippen LogP contribution in [0.5, 0.6) is 11.5 Å². The number of rotatable bonds is 6. The molecule has 8 heteroatoms. The van der Waals surface area contributed by atoms with Crippen LogP contribution in [-0.4, -0.2) is 25.2 Å². The number of fused-ring (bicyclic) bond motifs is 1. The van der Waals surface area contributed by atoms with E-state index >= 15 is 0 Å². The Labute approximate surface area is 176 Å². The first kappa shape index (κ1) is 19.2. The van der Waals surface area contributed by atoms with Crippen LogP contribution in [0.2, 0.25) is 0 Å². The highest BCUT2D eigenvalue weighted by atomic mass is 32.1. The molecule has 29 heavy (non-hydrogen) atoms. The van der Waals surface area contributed by atoms with Gasteiger partial charge in [-0.3, -0.25) is 10.3 Å². The maximum atomic E-state index is 8.09. The number of hydrogen-bond acceptors (Lipinski definition) is 6. The Morgan fingerprint density at radius 3 is 2.48 bits per heavy atom. The summed E-state index contributed by atoms with van der Waals surface area (Å²) in [4.78, 5) is 7.50. The van der Waals surface area contributed by atoms with Gasteiger partial charge in [-0.1, -0.05) is 24.3 Å². The van der Waals surface area contributed by atoms with Gasteiger partial charge in [0.1, 0.15) is 11.5 Å². The molecule has 0 amide bonds. The number of thiophene rings is 1. The highest BCUT2D eigenvalue weighted by Crippen LogP contribution is 2.37. The summed E-state index contributed by atoms with van der Waals surface area (Å²) in [7, 11) is 3.22. The number of nitrogens with one attached hydrogen (secondary N) is 1. The summed E-state index contributed by atoms with van der Waals surface area (Å²) in [6.07, 6.45) is 0. The standard InChI is InChI=1S/C21H20N4O2S2/c1-26-16-7-5-8-17(27-2)14(16)11-25(20(22)23)21-24-15(12-28-21)19-10-13-6-3-4-9-18(13)29-19/h3-10,12H,11H2,1-2H3,(H3,22,23). The second-order valence-corrected chi connectivity index (χ2v) is 8.20. The van der Waals surface area contributed by atoms with Crippen LogP contribution in [0, 0.1) is 5.41 Å². The van der Waals surface area contributed by atoms with Gasteiger partial charge in [-0.2, -0.15) is 0 Å². The van der Waals surface area contributed by atoms with Gasteiger partial charge in [0.05, 0.1) is 36.9 Å². The van der Waals surface area contributed by atoms with Crippen LogP contribution in [0.4, 0.5) is 5.13 Å². The highest BCUT2D eigenvalue weighted by molar-refractivity contribution is 7.22. The van der Waals surface area contributed by atoms with Crippen molar-refractivity contribution < 1.29 is 9.47 Å². The summed E-state index contributed by atoms with van der Waals surface area (Å²) in [5.41, 5.74) is 7.60. The van der Waals surface area contributed by atoms with Crippen LogP contribution >= 0.6 is 22.7 Å². The van der Waals surface area contributed by atoms with E-state index in [4.69, 9.17) is 25.6 Å². The molecule has 3 N–H and O–H groups in total. The average Bonchev–Trinajstić information content (AvgIpc) is 3.38. The molecular formula is C21H20N4O2S2. The molecule has 0 unspecified atom stereocenters. The molecule has 2 heterocycles. The molecule has 0 aliphatic carbocycles. The first-order chi connectivity index (χ1) is 14.1. The predicted octanol–water partition coefficient (Wildman–Crippen LogP) is 4.94. The maximum absolute atomic E-state index is 8.09. The van der Waals surface area contributed by atoms with Gasteiger partial charge in [0, 0.05) is 10.1 Å². The first-order valence-electron chi connectivity index (χ1n) is 8.86. The normalized spacial score (nSPS) is 10.8. The molecule has 2 aromatic carbocycles. The molecule has 0 aliphatic rings. The topological polar surface area (TPSA) is 84.5 Å². The molecule has 0 fully saturated rings. The summed E-state index contributed by atoms with van der Waals surface area (Å²) in [6, 6.07) is 16.0. The van der Waals surface area contributed by atoms with E-state index in [0.717, 1.165) is 16.1 Å². The van der Waals surface area contributed by atoms with Crippen molar-refractivity contribution in [2.45, 2.75) is 6.54 Å². The van der Waals surface area contributed by atoms with Gasteiger partial charge in [0.15, 0.2) is 11.1 Å². The molecule has 0 saturated carbocycles. The van der Waals surface area contributed by atoms with E-state index in [-0.39, 0.29) is 5.96 Å². The first-order valence-corrected chi connectivity index (χ1v) is 10.6. The minimum atomic E-state index is -0.0878. The number of nitrogens with two attached hydrogens (primary N) is 1. The summed E-state index contributed by atoms with van der Waals surface area (Å²) in [5, 5.41) is 11.9. The quantitative estimate of drug-likeness (QED) is 0.338. The Balaban J connectivity index is 1.68. The van der Waals surface area contributed by atoms with Crippen LogP contribution in [0.15, 0.2) is 53.9 Å². The van der Waals surface area contributed by atoms with Crippen molar-refractivity contribution in [3.05, 3.63) is 59.5 Å². The summed E-state index contributed by atoms with van der Waals surface area (Å²) in [6.45, 7) is 0.321. The Morgan fingerprint density at radius 1 is 1.10 bits per heavy atom. The average molecular weight is 425 g/mol. The lowest BCUT2D eigenvalue weighted by Gasteiger charge is -2.22. The number of anilines is 1. The molecule has 2 aromatic heterocycles. The number of aromatic nitrogens is 1. The minimum absolute atomic E-state index is 0.0878. The Morgan fingerprint density at radius 2 is 1.83 bits per heavy atom. The molecule has 4 aromatic rings. The van der Waals surface area contributed by atoms with Crippen LogP contribution < -0.4 is 20.1 Å². The molecular weight excluding hydrogens is 404 g/mol. The lowest BCUT2D eigenvalue weighted by Crippen LogP contribution is -2.36. The molecule has 0 bridgehead atoms. The number of benzene rings is 2. The second-order valence-electron chi connectivity index (χ2n) is 6.28. The number of nitrogens with zero attached hydrogens (tertiary/aromatic N) is 2. The van der Waals surface area contributed by atoms with Gasteiger partial charge in [-0.05, 0) is 29.7 Å². The van der Waals surface area contributed by atoms with Crippen molar-refractivity contribution in [1.29, 1.82) is 5.41 Å². The van der Waals surface area contributed by atoms with Gasteiger partial charge >= 0.3 is 0 Å². The molecule has 0 atom stereocenters. The number of hydrogen-bond donors (Lipinski definition) is 2. The summed E-state index contributed by atoms with van der Waals surface area (Å²) < 4.78 is 12.2. The number of methoxy groups -OCH3 is 2. The van der Waals surface area contributed by atoms with Crippen molar-refractivity contribution in [3.8, 4) is 22.1 Å². The van der Waals surface area contributed by atoms with E-state index in [1.165, 1.54) is 21.4 Å². The predicted molar refractivity (Wildman–Crippen MR) is 121 cm³/mol. The fourth-order valence-electron chi connectivity index (χ4n) is 3.11. The Kier molecular flexibility index (Phi) is 5.37. The second kappa shape index (κ2) is 8.10. The van der Waals surface area contributed by atoms with Gasteiger partial charge < -0.3 is 15.2 Å². The zero-order valence-corrected chi connectivity index (χ0v) is 17.6. The molecule has 6 nitrogen and oxygen atoms in total. The largest absolute Gasteiger partial charge is 0.496 e. The third-order valence-corrected chi connectivity index (χ3v) is 6.54. The zero-order valence-electron chi connectivity index (χ0n) is 16.0. The van der Waals surface area contributed by atoms with Crippen molar-refractivity contribution >= 4 is 43.9 Å². The molecule has 0 aliphatic heterocycles. The lowest BCUT2D eigenvalue weighted by molar-refractivity contribution is 0.385. The number of guanidine groups is 1. The fourth-order valence-corrected chi connectivity index (χ4v) is 5.04. The van der Waals surface area contributed by atoms with Gasteiger partial charge in [0.2, 0.25) is 0 Å². The third kappa shape index (κ3) is 3.76. The van der Waals surface area contributed by atoms with Gasteiger partial charge in [-0.25, -0.2) is 4.98 Å². The van der Waals surface area contributed by atoms with Crippen LogP contribution in [0.25, 0.3) is 20.7 Å². The SMILES string of the molecule is COc1cccc(OC)c1CN(C(=N)N)c1nc(-c2cc3ccccc3s2)cs1. The lowest BCUT2D eigenvalue weighted by atomic mass is 10.1. The molecule has 4 rings (SSSR count). The van der Waals surface area contributed by atoms with E-state index in [9.17, 15) is 0 Å². The summed E-state index contributed by atoms with van der Waals surface area (Å²) >= 11 is 3.16. The highest BCUT2D eigenvalue weighted by Gasteiger charge is 2.20. The minimum Gasteiger partial charge on any atom is -0.496 e. The van der Waals surface area contributed by atoms with E-state index in [0.29, 0.717) is 23.2 Å². The molecule has 0 radical (unpaired) electrons. The van der Waals surface area contributed by atoms with Crippen LogP contribution in [-0.2, 0) is 6.54 Å². The van der Waals surface area contributed by atoms with E-state index in [1.807, 2.05) is 35.7 Å². The fraction of sp³-hybridized carbons (Fsp3) is 0.143. The van der Waals surface area contributed by atoms with Crippen molar-refractivity contribution in [2.24, 2.45) is 5.73 Å². The smallest absolute Gasteiger partial charge is 0.195 e. The Hall–Kier alpha value is -3.10. The number of thiazole rings is 1. The van der Waals surface area contributed by atoms with Crippen molar-refractivity contribution in [1.82, 2.24) is 4.98 Å². The van der Waals surface area contributed by atoms with Gasteiger partial charge in [-0.15, -0.1) is 22.7 Å². The molecule has 0 saturated heterocycles. The summed E-state index contributed by atoms with van der Waals surface area (Å²) in [5.74, 6) is 1.27. The van der Waals surface area contributed by atoms with Gasteiger partial charge in [0.25, 0.3) is 0 Å².